The third-order valence-corrected chi connectivity index (χ3v) is 3.36. The fourth-order valence-corrected chi connectivity index (χ4v) is 2.38. The highest BCUT2D eigenvalue weighted by molar-refractivity contribution is 5.83. The second-order valence-electron chi connectivity index (χ2n) is 4.12. The molecule has 2 aliphatic rings. The molecule has 0 spiro atoms. The summed E-state index contributed by atoms with van der Waals surface area (Å²) in [6.45, 7) is 4.88. The number of fused-ring (bicyclic) bond motifs is 1. The van der Waals surface area contributed by atoms with Crippen LogP contribution in [0.25, 0.3) is 0 Å². The van der Waals surface area contributed by atoms with Crippen LogP contribution in [0.2, 0.25) is 0 Å². The molecule has 0 aromatic carbocycles. The van der Waals surface area contributed by atoms with Crippen LogP contribution in [-0.2, 0) is 4.79 Å². The van der Waals surface area contributed by atoms with Gasteiger partial charge in [0, 0.05) is 13.1 Å². The van der Waals surface area contributed by atoms with Crippen molar-refractivity contribution < 1.29 is 4.79 Å². The zero-order valence-corrected chi connectivity index (χ0v) is 7.52. The smallest absolute Gasteiger partial charge is 0.227 e. The molecule has 0 aromatic rings. The quantitative estimate of drug-likeness (QED) is 0.539. The van der Waals surface area contributed by atoms with E-state index in [4.69, 9.17) is 0 Å². The van der Waals surface area contributed by atoms with E-state index in [0.717, 1.165) is 32.5 Å². The Balaban J connectivity index is 2.20. The summed E-state index contributed by atoms with van der Waals surface area (Å²) in [5.74, 6) is 0.846. The van der Waals surface area contributed by atoms with Crippen LogP contribution in [0.5, 0.6) is 0 Å². The Morgan fingerprint density at radius 3 is 2.92 bits per heavy atom. The van der Waals surface area contributed by atoms with Crippen LogP contribution >= 0.6 is 0 Å². The van der Waals surface area contributed by atoms with E-state index >= 15 is 0 Å². The normalized spacial score (nSPS) is 41.8. The van der Waals surface area contributed by atoms with Gasteiger partial charge in [-0.25, -0.2) is 0 Å². The summed E-state index contributed by atoms with van der Waals surface area (Å²) in [6, 6.07) is 0. The average molecular weight is 168 g/mol. The Hall–Kier alpha value is -0.570. The molecule has 0 saturated carbocycles. The molecule has 12 heavy (non-hydrogen) atoms. The summed E-state index contributed by atoms with van der Waals surface area (Å²) in [6.07, 6.45) is 2.31. The van der Waals surface area contributed by atoms with Crippen molar-refractivity contribution >= 4 is 5.91 Å². The number of hydrogen-bond donors (Lipinski definition) is 2. The Bertz CT molecular complexity index is 203. The molecular weight excluding hydrogens is 152 g/mol. The van der Waals surface area contributed by atoms with Gasteiger partial charge >= 0.3 is 0 Å². The number of carbonyl (C=O) groups excluding carboxylic acids is 1. The summed E-state index contributed by atoms with van der Waals surface area (Å²) in [5, 5.41) is 6.24. The minimum Gasteiger partial charge on any atom is -0.356 e. The van der Waals surface area contributed by atoms with Crippen molar-refractivity contribution in [2.24, 2.45) is 11.3 Å². The molecule has 2 N–H and O–H groups in total. The second kappa shape index (κ2) is 2.73. The van der Waals surface area contributed by atoms with Gasteiger partial charge in [0.05, 0.1) is 5.41 Å². The lowest BCUT2D eigenvalue weighted by molar-refractivity contribution is -0.137. The zero-order valence-electron chi connectivity index (χ0n) is 7.52. The Kier molecular flexibility index (Phi) is 1.83. The highest BCUT2D eigenvalue weighted by atomic mass is 16.2. The lowest BCUT2D eigenvalue weighted by atomic mass is 9.69. The van der Waals surface area contributed by atoms with Gasteiger partial charge in [-0.1, -0.05) is 0 Å². The number of amides is 1. The van der Waals surface area contributed by atoms with Crippen molar-refractivity contribution in [2.75, 3.05) is 19.6 Å². The number of piperidine rings is 2. The molecule has 0 aromatic heterocycles. The molecule has 2 aliphatic heterocycles. The van der Waals surface area contributed by atoms with E-state index in [1.165, 1.54) is 0 Å². The number of nitrogens with one attached hydrogen (secondary N) is 2. The van der Waals surface area contributed by atoms with E-state index in [9.17, 15) is 4.79 Å². The SMILES string of the molecule is CC12CNCCC1CCNC2=O. The molecule has 2 rings (SSSR count). The van der Waals surface area contributed by atoms with Gasteiger partial charge < -0.3 is 10.6 Å². The van der Waals surface area contributed by atoms with Crippen LogP contribution in [0, 0.1) is 11.3 Å². The van der Waals surface area contributed by atoms with E-state index in [1.807, 2.05) is 0 Å². The lowest BCUT2D eigenvalue weighted by Crippen LogP contribution is -2.57. The fourth-order valence-electron chi connectivity index (χ4n) is 2.38. The van der Waals surface area contributed by atoms with Gasteiger partial charge in [0.25, 0.3) is 0 Å². The molecule has 2 saturated heterocycles. The molecule has 0 radical (unpaired) electrons. The van der Waals surface area contributed by atoms with Crippen molar-refractivity contribution in [1.82, 2.24) is 10.6 Å². The average Bonchev–Trinajstić information content (AvgIpc) is 2.07. The van der Waals surface area contributed by atoms with Gasteiger partial charge in [-0.05, 0) is 32.2 Å². The van der Waals surface area contributed by atoms with Crippen LogP contribution in [-0.4, -0.2) is 25.5 Å². The van der Waals surface area contributed by atoms with Crippen LogP contribution < -0.4 is 10.6 Å². The van der Waals surface area contributed by atoms with E-state index in [0.29, 0.717) is 5.92 Å². The van der Waals surface area contributed by atoms with Crippen LogP contribution in [0.15, 0.2) is 0 Å². The van der Waals surface area contributed by atoms with Crippen molar-refractivity contribution in [3.8, 4) is 0 Å². The van der Waals surface area contributed by atoms with Crippen LogP contribution in [0.4, 0.5) is 0 Å². The molecule has 0 bridgehead atoms. The van der Waals surface area contributed by atoms with Crippen molar-refractivity contribution in [1.29, 1.82) is 0 Å². The zero-order chi connectivity index (χ0) is 8.60. The molecule has 1 amide bonds. The largest absolute Gasteiger partial charge is 0.356 e. The van der Waals surface area contributed by atoms with Gasteiger partial charge in [0.1, 0.15) is 0 Å². The molecule has 2 unspecified atom stereocenters. The molecule has 2 fully saturated rings. The summed E-state index contributed by atoms with van der Waals surface area (Å²) in [5.41, 5.74) is -0.128. The van der Waals surface area contributed by atoms with Crippen molar-refractivity contribution in [3.05, 3.63) is 0 Å². The molecule has 2 heterocycles. The summed E-state index contributed by atoms with van der Waals surface area (Å²) >= 11 is 0. The molecule has 2 atom stereocenters. The standard InChI is InChI=1S/C9H16N2O/c1-9-6-10-4-2-7(9)3-5-11-8(9)12/h7,10H,2-6H2,1H3,(H,11,12). The first-order chi connectivity index (χ1) is 5.73. The fraction of sp³-hybridized carbons (Fsp3) is 0.889. The third-order valence-electron chi connectivity index (χ3n) is 3.36. The van der Waals surface area contributed by atoms with Gasteiger partial charge in [-0.15, -0.1) is 0 Å². The van der Waals surface area contributed by atoms with E-state index < -0.39 is 0 Å². The van der Waals surface area contributed by atoms with E-state index in [1.54, 1.807) is 0 Å². The van der Waals surface area contributed by atoms with Gasteiger partial charge in [-0.3, -0.25) is 4.79 Å². The summed E-state index contributed by atoms with van der Waals surface area (Å²) in [7, 11) is 0. The molecular formula is C9H16N2O. The monoisotopic (exact) mass is 168 g/mol. The predicted octanol–water partition coefficient (Wildman–Crippen LogP) is 0.122. The molecule has 68 valence electrons. The number of carbonyl (C=O) groups is 1. The van der Waals surface area contributed by atoms with Crippen molar-refractivity contribution in [3.63, 3.8) is 0 Å². The van der Waals surface area contributed by atoms with Crippen LogP contribution in [0.3, 0.4) is 0 Å². The third kappa shape index (κ3) is 1.04. The van der Waals surface area contributed by atoms with E-state index in [2.05, 4.69) is 17.6 Å². The molecule has 3 heteroatoms. The minimum atomic E-state index is -0.128. The Morgan fingerprint density at radius 1 is 1.42 bits per heavy atom. The number of hydrogen-bond acceptors (Lipinski definition) is 2. The summed E-state index contributed by atoms with van der Waals surface area (Å²) in [4.78, 5) is 11.6. The predicted molar refractivity (Wildman–Crippen MR) is 46.7 cm³/mol. The van der Waals surface area contributed by atoms with Gasteiger partial charge in [0.15, 0.2) is 0 Å². The Morgan fingerprint density at radius 2 is 2.17 bits per heavy atom. The Labute approximate surface area is 72.9 Å². The summed E-state index contributed by atoms with van der Waals surface area (Å²) < 4.78 is 0. The molecule has 3 nitrogen and oxygen atoms in total. The van der Waals surface area contributed by atoms with Crippen LogP contribution in [0.1, 0.15) is 19.8 Å². The first kappa shape index (κ1) is 8.05. The second-order valence-corrected chi connectivity index (χ2v) is 4.12. The first-order valence-electron chi connectivity index (χ1n) is 4.72. The van der Waals surface area contributed by atoms with Gasteiger partial charge in [0.2, 0.25) is 5.91 Å². The first-order valence-corrected chi connectivity index (χ1v) is 4.72. The maximum atomic E-state index is 11.6. The topological polar surface area (TPSA) is 41.1 Å². The van der Waals surface area contributed by atoms with Gasteiger partial charge in [-0.2, -0.15) is 0 Å². The highest BCUT2D eigenvalue weighted by Gasteiger charge is 2.44. The lowest BCUT2D eigenvalue weighted by Gasteiger charge is -2.43. The maximum absolute atomic E-state index is 11.6. The van der Waals surface area contributed by atoms with E-state index in [-0.39, 0.29) is 11.3 Å². The maximum Gasteiger partial charge on any atom is 0.227 e. The number of rotatable bonds is 0. The molecule has 0 aliphatic carbocycles. The van der Waals surface area contributed by atoms with Crippen molar-refractivity contribution in [2.45, 2.75) is 19.8 Å². The minimum absolute atomic E-state index is 0.128. The highest BCUT2D eigenvalue weighted by Crippen LogP contribution is 2.36.